The molecule has 0 aliphatic heterocycles. The second-order valence-corrected chi connectivity index (χ2v) is 8.29. The minimum atomic E-state index is 0.917. The van der Waals surface area contributed by atoms with Crippen LogP contribution in [0.1, 0.15) is 0 Å². The van der Waals surface area contributed by atoms with Crippen LogP contribution in [0.3, 0.4) is 0 Å². The van der Waals surface area contributed by atoms with E-state index >= 15 is 0 Å². The molecule has 0 aliphatic carbocycles. The number of H-pyrrole nitrogens is 1. The van der Waals surface area contributed by atoms with Gasteiger partial charge in [0.2, 0.25) is 0 Å². The predicted octanol–water partition coefficient (Wildman–Crippen LogP) is 8.55. The number of fused-ring (bicyclic) bond motifs is 7. The number of benzene rings is 5. The lowest BCUT2D eigenvalue weighted by molar-refractivity contribution is 0.669. The predicted molar refractivity (Wildman–Crippen MR) is 134 cm³/mol. The highest BCUT2D eigenvalue weighted by Crippen LogP contribution is 2.40. The number of rotatable bonds is 2. The third-order valence-corrected chi connectivity index (χ3v) is 6.41. The van der Waals surface area contributed by atoms with Crippen molar-refractivity contribution >= 4 is 43.7 Å². The number of hydrogen-bond donors (Lipinski definition) is 1. The molecule has 150 valence electrons. The van der Waals surface area contributed by atoms with Gasteiger partial charge in [0.05, 0.1) is 0 Å². The second kappa shape index (κ2) is 6.60. The third-order valence-electron chi connectivity index (χ3n) is 6.41. The van der Waals surface area contributed by atoms with Gasteiger partial charge in [0.1, 0.15) is 11.2 Å². The van der Waals surface area contributed by atoms with E-state index in [1.807, 2.05) is 0 Å². The Morgan fingerprint density at radius 3 is 1.75 bits per heavy atom. The Balaban J connectivity index is 1.57. The number of aromatic nitrogens is 1. The van der Waals surface area contributed by atoms with Gasteiger partial charge in [-0.3, -0.25) is 0 Å². The van der Waals surface area contributed by atoms with Crippen LogP contribution >= 0.6 is 0 Å². The van der Waals surface area contributed by atoms with E-state index in [0.29, 0.717) is 0 Å². The molecule has 2 heteroatoms. The minimum absolute atomic E-state index is 0.917. The molecule has 7 aromatic rings. The van der Waals surface area contributed by atoms with Gasteiger partial charge in [-0.05, 0) is 58.7 Å². The van der Waals surface area contributed by atoms with Crippen molar-refractivity contribution in [1.29, 1.82) is 0 Å². The molecule has 5 aromatic carbocycles. The number of nitrogens with one attached hydrogen (secondary N) is 1. The summed E-state index contributed by atoms with van der Waals surface area (Å²) < 4.78 is 6.27. The van der Waals surface area contributed by atoms with Gasteiger partial charge in [0, 0.05) is 32.6 Å². The van der Waals surface area contributed by atoms with Crippen LogP contribution < -0.4 is 0 Å². The number of hydrogen-bond acceptors (Lipinski definition) is 1. The summed E-state index contributed by atoms with van der Waals surface area (Å²) in [5, 5.41) is 4.77. The maximum absolute atomic E-state index is 6.27. The minimum Gasteiger partial charge on any atom is -0.456 e. The smallest absolute Gasteiger partial charge is 0.136 e. The van der Waals surface area contributed by atoms with E-state index in [1.54, 1.807) is 0 Å². The normalized spacial score (nSPS) is 11.8. The molecular weight excluding hydrogens is 390 g/mol. The Kier molecular flexibility index (Phi) is 3.58. The lowest BCUT2D eigenvalue weighted by Crippen LogP contribution is -1.78. The fourth-order valence-corrected chi connectivity index (χ4v) is 4.88. The van der Waals surface area contributed by atoms with Crippen molar-refractivity contribution in [2.75, 3.05) is 0 Å². The van der Waals surface area contributed by atoms with Gasteiger partial charge in [-0.2, -0.15) is 0 Å². The molecule has 0 bridgehead atoms. The van der Waals surface area contributed by atoms with Gasteiger partial charge in [0.15, 0.2) is 0 Å². The summed E-state index contributed by atoms with van der Waals surface area (Å²) in [6.07, 6.45) is 0. The van der Waals surface area contributed by atoms with E-state index < -0.39 is 0 Å². The lowest BCUT2D eigenvalue weighted by atomic mass is 9.99. The Morgan fingerprint density at radius 1 is 0.438 bits per heavy atom. The topological polar surface area (TPSA) is 28.9 Å². The molecular formula is C30H19NO. The Bertz CT molecular complexity index is 1620. The maximum atomic E-state index is 6.27. The van der Waals surface area contributed by atoms with Crippen LogP contribution in [0, 0.1) is 0 Å². The summed E-state index contributed by atoms with van der Waals surface area (Å²) in [5.41, 5.74) is 8.95. The molecule has 0 aliphatic rings. The third kappa shape index (κ3) is 2.53. The first kappa shape index (κ1) is 17.4. The molecule has 2 aromatic heterocycles. The van der Waals surface area contributed by atoms with Crippen molar-refractivity contribution in [3.8, 4) is 22.3 Å². The van der Waals surface area contributed by atoms with Crippen LogP contribution in [0.5, 0.6) is 0 Å². The molecule has 1 N–H and O–H groups in total. The molecule has 2 heterocycles. The highest BCUT2D eigenvalue weighted by molar-refractivity contribution is 6.27. The van der Waals surface area contributed by atoms with Crippen molar-refractivity contribution in [2.45, 2.75) is 0 Å². The van der Waals surface area contributed by atoms with E-state index in [4.69, 9.17) is 4.42 Å². The molecule has 0 unspecified atom stereocenters. The van der Waals surface area contributed by atoms with Crippen LogP contribution in [-0.2, 0) is 0 Å². The molecule has 0 saturated heterocycles. The molecule has 2 nitrogen and oxygen atoms in total. The van der Waals surface area contributed by atoms with Crippen molar-refractivity contribution in [3.63, 3.8) is 0 Å². The van der Waals surface area contributed by atoms with Crippen LogP contribution in [0.4, 0.5) is 0 Å². The summed E-state index contributed by atoms with van der Waals surface area (Å²) >= 11 is 0. The molecule has 0 saturated carbocycles. The summed E-state index contributed by atoms with van der Waals surface area (Å²) in [6, 6.07) is 38.4. The molecule has 0 spiro atoms. The van der Waals surface area contributed by atoms with Crippen LogP contribution in [0.2, 0.25) is 0 Å². The van der Waals surface area contributed by atoms with Gasteiger partial charge < -0.3 is 9.40 Å². The van der Waals surface area contributed by atoms with E-state index in [2.05, 4.69) is 114 Å². The quantitative estimate of drug-likeness (QED) is 0.304. The molecule has 0 radical (unpaired) electrons. The van der Waals surface area contributed by atoms with E-state index in [-0.39, 0.29) is 0 Å². The average Bonchev–Trinajstić information content (AvgIpc) is 3.42. The standard InChI is InChI=1S/C30H19NO/c1-3-7-19(8-4-1)21-11-13-25-23(17-21)29-26(31-25)14-16-28-30(29)24-18-22(12-15-27(24)32-28)20-9-5-2-6-10-20/h1-18,31H. The molecule has 32 heavy (non-hydrogen) atoms. The monoisotopic (exact) mass is 409 g/mol. The van der Waals surface area contributed by atoms with E-state index in [9.17, 15) is 0 Å². The highest BCUT2D eigenvalue weighted by Gasteiger charge is 2.16. The van der Waals surface area contributed by atoms with Gasteiger partial charge in [-0.1, -0.05) is 72.8 Å². The largest absolute Gasteiger partial charge is 0.456 e. The first-order valence-electron chi connectivity index (χ1n) is 10.9. The fourth-order valence-electron chi connectivity index (χ4n) is 4.88. The van der Waals surface area contributed by atoms with Crippen LogP contribution in [-0.4, -0.2) is 4.98 Å². The SMILES string of the molecule is c1ccc(-c2ccc3[nH]c4ccc5oc6ccc(-c7ccccc7)cc6c5c4c3c2)cc1. The van der Waals surface area contributed by atoms with Gasteiger partial charge in [-0.25, -0.2) is 0 Å². The van der Waals surface area contributed by atoms with Gasteiger partial charge in [-0.15, -0.1) is 0 Å². The summed E-state index contributed by atoms with van der Waals surface area (Å²) in [4.78, 5) is 3.61. The van der Waals surface area contributed by atoms with Crippen molar-refractivity contribution in [2.24, 2.45) is 0 Å². The van der Waals surface area contributed by atoms with E-state index in [1.165, 1.54) is 38.4 Å². The zero-order valence-corrected chi connectivity index (χ0v) is 17.3. The van der Waals surface area contributed by atoms with Crippen LogP contribution in [0.15, 0.2) is 114 Å². The second-order valence-electron chi connectivity index (χ2n) is 8.29. The number of aromatic amines is 1. The van der Waals surface area contributed by atoms with Crippen molar-refractivity contribution < 1.29 is 4.42 Å². The fraction of sp³-hybridized carbons (Fsp3) is 0. The average molecular weight is 409 g/mol. The van der Waals surface area contributed by atoms with Crippen molar-refractivity contribution in [3.05, 3.63) is 109 Å². The maximum Gasteiger partial charge on any atom is 0.136 e. The first-order chi connectivity index (χ1) is 15.8. The number of furan rings is 1. The lowest BCUT2D eigenvalue weighted by Gasteiger charge is -2.03. The first-order valence-corrected chi connectivity index (χ1v) is 10.9. The van der Waals surface area contributed by atoms with Crippen LogP contribution in [0.25, 0.3) is 66.0 Å². The molecule has 0 amide bonds. The van der Waals surface area contributed by atoms with E-state index in [0.717, 1.165) is 27.6 Å². The summed E-state index contributed by atoms with van der Waals surface area (Å²) in [6.45, 7) is 0. The Morgan fingerprint density at radius 2 is 1.03 bits per heavy atom. The molecule has 7 rings (SSSR count). The zero-order valence-electron chi connectivity index (χ0n) is 17.3. The van der Waals surface area contributed by atoms with Crippen molar-refractivity contribution in [1.82, 2.24) is 4.98 Å². The van der Waals surface area contributed by atoms with Gasteiger partial charge in [0.25, 0.3) is 0 Å². The Hall–Kier alpha value is -4.30. The van der Waals surface area contributed by atoms with Gasteiger partial charge >= 0.3 is 0 Å². The Labute approximate surface area is 184 Å². The molecule has 0 fully saturated rings. The molecule has 0 atom stereocenters. The summed E-state index contributed by atoms with van der Waals surface area (Å²) in [7, 11) is 0. The highest BCUT2D eigenvalue weighted by atomic mass is 16.3. The zero-order chi connectivity index (χ0) is 21.1. The summed E-state index contributed by atoms with van der Waals surface area (Å²) in [5.74, 6) is 0.